The topological polar surface area (TPSA) is 37.3 Å². The van der Waals surface area contributed by atoms with Gasteiger partial charge in [-0.05, 0) is 130 Å². The number of carbonyl (C=O) groups is 1. The monoisotopic (exact) mass is 797 g/mol. The number of rotatable bonds is 10. The molecule has 1 aromatic heterocycles. The molecule has 10 rings (SSSR count). The summed E-state index contributed by atoms with van der Waals surface area (Å²) in [5, 5.41) is 5.28. The van der Waals surface area contributed by atoms with Gasteiger partial charge >= 0.3 is 0 Å². The van der Waals surface area contributed by atoms with E-state index in [4.69, 9.17) is 0 Å². The zero-order chi connectivity index (χ0) is 42.0. The lowest BCUT2D eigenvalue weighted by atomic mass is 9.98. The van der Waals surface area contributed by atoms with Crippen molar-refractivity contribution in [3.63, 3.8) is 0 Å². The highest BCUT2D eigenvalue weighted by Gasteiger charge is 2.16. The first-order valence-electron chi connectivity index (χ1n) is 20.9. The van der Waals surface area contributed by atoms with Gasteiger partial charge in [0.25, 0.3) is 5.91 Å². The Labute approximate surface area is 362 Å². The van der Waals surface area contributed by atoms with Crippen molar-refractivity contribution in [3.05, 3.63) is 237 Å². The Morgan fingerprint density at radius 1 is 0.419 bits per heavy atom. The predicted molar refractivity (Wildman–Crippen MR) is 261 cm³/mol. The molecule has 0 aliphatic rings. The van der Waals surface area contributed by atoms with Crippen molar-refractivity contribution in [2.45, 2.75) is 6.92 Å². The van der Waals surface area contributed by atoms with Gasteiger partial charge in [-0.1, -0.05) is 152 Å². The van der Waals surface area contributed by atoms with Gasteiger partial charge < -0.3 is 14.8 Å². The smallest absolute Gasteiger partial charge is 0.250 e. The molecule has 0 aliphatic heterocycles. The van der Waals surface area contributed by atoms with E-state index >= 15 is 0 Å². The minimum absolute atomic E-state index is 0.182. The summed E-state index contributed by atoms with van der Waals surface area (Å²) in [5.74, 6) is -0.182. The van der Waals surface area contributed by atoms with Crippen molar-refractivity contribution in [3.8, 4) is 50.2 Å². The molecule has 1 N–H and O–H groups in total. The fourth-order valence-electron chi connectivity index (χ4n) is 8.33. The molecule has 0 saturated carbocycles. The first-order chi connectivity index (χ1) is 30.5. The van der Waals surface area contributed by atoms with Crippen LogP contribution in [0.15, 0.2) is 237 Å². The minimum atomic E-state index is -0.182. The van der Waals surface area contributed by atoms with Crippen molar-refractivity contribution < 1.29 is 4.79 Å². The van der Waals surface area contributed by atoms with Gasteiger partial charge in [0.1, 0.15) is 0 Å². The van der Waals surface area contributed by atoms with Gasteiger partial charge in [0.15, 0.2) is 0 Å². The number of aromatic nitrogens is 1. The van der Waals surface area contributed by atoms with E-state index in [-0.39, 0.29) is 5.91 Å². The van der Waals surface area contributed by atoms with Crippen molar-refractivity contribution >= 4 is 50.5 Å². The zero-order valence-corrected chi connectivity index (χ0v) is 34.4. The predicted octanol–water partition coefficient (Wildman–Crippen LogP) is 15.4. The van der Waals surface area contributed by atoms with Crippen LogP contribution in [-0.2, 0) is 4.79 Å². The zero-order valence-electron chi connectivity index (χ0n) is 34.4. The van der Waals surface area contributed by atoms with Crippen LogP contribution in [0.1, 0.15) is 6.92 Å². The third-order valence-corrected chi connectivity index (χ3v) is 11.6. The van der Waals surface area contributed by atoms with E-state index in [0.717, 1.165) is 61.7 Å². The van der Waals surface area contributed by atoms with Gasteiger partial charge in [-0.2, -0.15) is 0 Å². The van der Waals surface area contributed by atoms with Gasteiger partial charge in [0, 0.05) is 44.8 Å². The summed E-state index contributed by atoms with van der Waals surface area (Å²) in [6.07, 6.45) is 0. The summed E-state index contributed by atoms with van der Waals surface area (Å²) >= 11 is 0. The summed E-state index contributed by atoms with van der Waals surface area (Å²) in [4.78, 5) is 14.5. The molecule has 0 spiro atoms. The quantitative estimate of drug-likeness (QED) is 0.140. The van der Waals surface area contributed by atoms with E-state index < -0.39 is 0 Å². The first kappa shape index (κ1) is 38.0. The molecule has 62 heavy (non-hydrogen) atoms. The SMILES string of the molecule is C=C(C)C(=O)Nc1ccc(-n2c3ccccc3c3cc(-c4ccc(-c5ccc(N(c6ccc(-c7ccccc7)cc6)c6ccc(-c7ccccc7)cc6)cc5)cc4)ccc32)cc1. The molecule has 9 aromatic carbocycles. The van der Waals surface area contributed by atoms with Gasteiger partial charge in [-0.3, -0.25) is 4.79 Å². The Bertz CT molecular complexity index is 3100. The summed E-state index contributed by atoms with van der Waals surface area (Å²) in [6, 6.07) is 79.6. The van der Waals surface area contributed by atoms with E-state index in [9.17, 15) is 4.79 Å². The molecule has 4 nitrogen and oxygen atoms in total. The van der Waals surface area contributed by atoms with Gasteiger partial charge in [-0.15, -0.1) is 0 Å². The molecular formula is C58H43N3O. The molecule has 0 atom stereocenters. The van der Waals surface area contributed by atoms with Crippen LogP contribution in [0.3, 0.4) is 0 Å². The van der Waals surface area contributed by atoms with Crippen LogP contribution in [0.4, 0.5) is 22.7 Å². The summed E-state index contributed by atoms with van der Waals surface area (Å²) in [5.41, 5.74) is 17.2. The minimum Gasteiger partial charge on any atom is -0.322 e. The molecule has 4 heteroatoms. The summed E-state index contributed by atoms with van der Waals surface area (Å²) < 4.78 is 2.28. The molecule has 10 aromatic rings. The average Bonchev–Trinajstić information content (AvgIpc) is 3.67. The van der Waals surface area contributed by atoms with Crippen molar-refractivity contribution in [2.75, 3.05) is 10.2 Å². The van der Waals surface area contributed by atoms with Crippen LogP contribution in [0.5, 0.6) is 0 Å². The molecule has 0 bridgehead atoms. The van der Waals surface area contributed by atoms with Crippen LogP contribution in [0.2, 0.25) is 0 Å². The normalized spacial score (nSPS) is 11.1. The fraction of sp³-hybridized carbons (Fsp3) is 0.0172. The lowest BCUT2D eigenvalue weighted by Crippen LogP contribution is -2.11. The average molecular weight is 798 g/mol. The summed E-state index contributed by atoms with van der Waals surface area (Å²) in [7, 11) is 0. The van der Waals surface area contributed by atoms with Crippen LogP contribution in [0.25, 0.3) is 72.0 Å². The van der Waals surface area contributed by atoms with Gasteiger partial charge in [0.05, 0.1) is 11.0 Å². The van der Waals surface area contributed by atoms with Crippen LogP contribution in [-0.4, -0.2) is 10.5 Å². The highest BCUT2D eigenvalue weighted by atomic mass is 16.1. The number of fused-ring (bicyclic) bond motifs is 3. The van der Waals surface area contributed by atoms with E-state index in [1.807, 2.05) is 24.3 Å². The molecule has 0 fully saturated rings. The third kappa shape index (κ3) is 7.46. The Morgan fingerprint density at radius 3 is 1.29 bits per heavy atom. The van der Waals surface area contributed by atoms with Gasteiger partial charge in [0.2, 0.25) is 0 Å². The van der Waals surface area contributed by atoms with Crippen molar-refractivity contribution in [1.82, 2.24) is 4.57 Å². The molecule has 0 radical (unpaired) electrons. The Kier molecular flexibility index (Phi) is 10.1. The second-order valence-electron chi connectivity index (χ2n) is 15.7. The number of hydrogen-bond acceptors (Lipinski definition) is 2. The number of para-hydroxylation sites is 1. The number of nitrogens with one attached hydrogen (secondary N) is 1. The van der Waals surface area contributed by atoms with Crippen molar-refractivity contribution in [1.29, 1.82) is 0 Å². The maximum absolute atomic E-state index is 12.2. The number of nitrogens with zero attached hydrogens (tertiary/aromatic N) is 2. The molecule has 0 unspecified atom stereocenters. The first-order valence-corrected chi connectivity index (χ1v) is 20.9. The third-order valence-electron chi connectivity index (χ3n) is 11.6. The molecule has 0 saturated heterocycles. The van der Waals surface area contributed by atoms with Crippen molar-refractivity contribution in [2.24, 2.45) is 0 Å². The number of amides is 1. The van der Waals surface area contributed by atoms with E-state index in [1.54, 1.807) is 6.92 Å². The number of carbonyl (C=O) groups excluding carboxylic acids is 1. The Morgan fingerprint density at radius 2 is 0.806 bits per heavy atom. The second kappa shape index (κ2) is 16.4. The highest BCUT2D eigenvalue weighted by molar-refractivity contribution is 6.10. The number of anilines is 4. The van der Waals surface area contributed by atoms with Gasteiger partial charge in [-0.25, -0.2) is 0 Å². The Balaban J connectivity index is 0.934. The molecule has 1 heterocycles. The maximum Gasteiger partial charge on any atom is 0.250 e. The molecule has 296 valence electrons. The maximum atomic E-state index is 12.2. The van der Waals surface area contributed by atoms with E-state index in [0.29, 0.717) is 5.57 Å². The number of hydrogen-bond donors (Lipinski definition) is 1. The highest BCUT2D eigenvalue weighted by Crippen LogP contribution is 2.39. The number of benzene rings is 9. The molecule has 1 amide bonds. The second-order valence-corrected chi connectivity index (χ2v) is 15.7. The summed E-state index contributed by atoms with van der Waals surface area (Å²) in [6.45, 7) is 5.46. The van der Waals surface area contributed by atoms with E-state index in [2.05, 4.69) is 222 Å². The Hall–Kier alpha value is -8.21. The van der Waals surface area contributed by atoms with Crippen LogP contribution < -0.4 is 10.2 Å². The van der Waals surface area contributed by atoms with Crippen LogP contribution >= 0.6 is 0 Å². The standard InChI is InChI=1S/C58H43N3O/c1-40(2)58(62)59-49-28-36-53(37-29-49)61-56-16-10-9-15-54(56)55-39-48(27-38-57(55)61)47-19-17-43(18-20-47)46-25-34-52(35-26-46)60(50-30-21-44(22-31-50)41-11-5-3-6-12-41)51-32-23-45(24-33-51)42-13-7-4-8-14-42/h3-39H,1H2,2H3,(H,59,62). The largest absolute Gasteiger partial charge is 0.322 e. The molecule has 0 aliphatic carbocycles. The molecular weight excluding hydrogens is 755 g/mol. The fourth-order valence-corrected chi connectivity index (χ4v) is 8.33. The van der Waals surface area contributed by atoms with E-state index in [1.165, 1.54) is 33.0 Å². The lowest BCUT2D eigenvalue weighted by molar-refractivity contribution is -0.112. The lowest BCUT2D eigenvalue weighted by Gasteiger charge is -2.26. The van der Waals surface area contributed by atoms with Crippen LogP contribution in [0, 0.1) is 0 Å².